The number of carbonyl (C=O) groups excluding carboxylic acids is 1. The van der Waals surface area contributed by atoms with E-state index in [9.17, 15) is 4.79 Å². The smallest absolute Gasteiger partial charge is 0.264 e. The summed E-state index contributed by atoms with van der Waals surface area (Å²) in [5.41, 5.74) is 2.71. The van der Waals surface area contributed by atoms with E-state index in [1.54, 1.807) is 6.07 Å². The summed E-state index contributed by atoms with van der Waals surface area (Å²) in [6, 6.07) is 17.4. The molecule has 0 radical (unpaired) electrons. The third-order valence-electron chi connectivity index (χ3n) is 3.70. The standard InChI is InChI=1S/C18H17ClN2O2/c19-15-9-5-4-8-14(15)16-12-17(23-21-16)18(22)20-11-10-13-6-2-1-3-7-13/h1-9,17H,10-12H2,(H,20,22). The summed E-state index contributed by atoms with van der Waals surface area (Å²) >= 11 is 6.15. The van der Waals surface area contributed by atoms with E-state index in [1.807, 2.05) is 48.5 Å². The second-order valence-corrected chi connectivity index (χ2v) is 5.75. The summed E-state index contributed by atoms with van der Waals surface area (Å²) in [5.74, 6) is -0.147. The summed E-state index contributed by atoms with van der Waals surface area (Å²) in [7, 11) is 0. The number of benzene rings is 2. The van der Waals surface area contributed by atoms with Crippen LogP contribution in [0.5, 0.6) is 0 Å². The van der Waals surface area contributed by atoms with Gasteiger partial charge in [-0.2, -0.15) is 0 Å². The van der Waals surface area contributed by atoms with E-state index in [2.05, 4.69) is 10.5 Å². The van der Waals surface area contributed by atoms with Gasteiger partial charge in [-0.1, -0.05) is 65.3 Å². The molecule has 118 valence electrons. The van der Waals surface area contributed by atoms with Crippen LogP contribution in [0.1, 0.15) is 17.5 Å². The first-order valence-corrected chi connectivity index (χ1v) is 7.91. The molecule has 1 aliphatic rings. The highest BCUT2D eigenvalue weighted by atomic mass is 35.5. The topological polar surface area (TPSA) is 50.7 Å². The van der Waals surface area contributed by atoms with E-state index in [0.717, 1.165) is 12.0 Å². The van der Waals surface area contributed by atoms with E-state index in [-0.39, 0.29) is 5.91 Å². The number of nitrogens with zero attached hydrogens (tertiary/aromatic N) is 1. The molecule has 1 heterocycles. The molecule has 0 aliphatic carbocycles. The van der Waals surface area contributed by atoms with Gasteiger partial charge in [-0.15, -0.1) is 0 Å². The number of rotatable bonds is 5. The van der Waals surface area contributed by atoms with Crippen LogP contribution >= 0.6 is 11.6 Å². The van der Waals surface area contributed by atoms with Crippen molar-refractivity contribution in [3.63, 3.8) is 0 Å². The highest BCUT2D eigenvalue weighted by molar-refractivity contribution is 6.34. The fourth-order valence-corrected chi connectivity index (χ4v) is 2.71. The van der Waals surface area contributed by atoms with Crippen LogP contribution in [-0.2, 0) is 16.1 Å². The zero-order valence-electron chi connectivity index (χ0n) is 12.5. The second kappa shape index (κ2) is 7.29. The quantitative estimate of drug-likeness (QED) is 0.916. The zero-order valence-corrected chi connectivity index (χ0v) is 13.3. The Morgan fingerprint density at radius 1 is 1.17 bits per heavy atom. The monoisotopic (exact) mass is 328 g/mol. The number of oxime groups is 1. The van der Waals surface area contributed by atoms with Crippen molar-refractivity contribution in [2.45, 2.75) is 18.9 Å². The van der Waals surface area contributed by atoms with Crippen molar-refractivity contribution in [1.29, 1.82) is 0 Å². The highest BCUT2D eigenvalue weighted by Gasteiger charge is 2.29. The zero-order chi connectivity index (χ0) is 16.1. The van der Waals surface area contributed by atoms with Crippen LogP contribution in [0, 0.1) is 0 Å². The molecule has 1 aliphatic heterocycles. The lowest BCUT2D eigenvalue weighted by atomic mass is 10.0. The predicted molar refractivity (Wildman–Crippen MR) is 90.6 cm³/mol. The van der Waals surface area contributed by atoms with Crippen molar-refractivity contribution in [1.82, 2.24) is 5.32 Å². The van der Waals surface area contributed by atoms with E-state index in [0.29, 0.717) is 23.7 Å². The molecule has 2 aromatic rings. The molecule has 23 heavy (non-hydrogen) atoms. The van der Waals surface area contributed by atoms with Crippen LogP contribution < -0.4 is 5.32 Å². The van der Waals surface area contributed by atoms with Crippen molar-refractivity contribution in [3.05, 3.63) is 70.7 Å². The minimum atomic E-state index is -0.586. The minimum absolute atomic E-state index is 0.147. The number of hydrogen-bond donors (Lipinski definition) is 1. The largest absolute Gasteiger partial charge is 0.382 e. The fraction of sp³-hybridized carbons (Fsp3) is 0.222. The highest BCUT2D eigenvalue weighted by Crippen LogP contribution is 2.22. The van der Waals surface area contributed by atoms with Gasteiger partial charge in [0.2, 0.25) is 6.10 Å². The van der Waals surface area contributed by atoms with Gasteiger partial charge >= 0.3 is 0 Å². The van der Waals surface area contributed by atoms with Crippen molar-refractivity contribution >= 4 is 23.2 Å². The Bertz CT molecular complexity index is 716. The molecular formula is C18H17ClN2O2. The average molecular weight is 329 g/mol. The van der Waals surface area contributed by atoms with Crippen molar-refractivity contribution in [3.8, 4) is 0 Å². The summed E-state index contributed by atoms with van der Waals surface area (Å²) in [4.78, 5) is 17.4. The molecule has 1 atom stereocenters. The lowest BCUT2D eigenvalue weighted by Gasteiger charge is -2.09. The first-order chi connectivity index (χ1) is 11.2. The molecule has 5 heteroatoms. The first kappa shape index (κ1) is 15.6. The van der Waals surface area contributed by atoms with E-state index in [1.165, 1.54) is 5.56 Å². The van der Waals surface area contributed by atoms with Gasteiger partial charge in [0.05, 0.1) is 5.71 Å². The first-order valence-electron chi connectivity index (χ1n) is 7.53. The third-order valence-corrected chi connectivity index (χ3v) is 4.03. The summed E-state index contributed by atoms with van der Waals surface area (Å²) in [5, 5.41) is 7.51. The summed E-state index contributed by atoms with van der Waals surface area (Å²) < 4.78 is 0. The van der Waals surface area contributed by atoms with Crippen LogP contribution in [0.15, 0.2) is 59.8 Å². The van der Waals surface area contributed by atoms with Gasteiger partial charge in [-0.05, 0) is 18.1 Å². The summed E-state index contributed by atoms with van der Waals surface area (Å²) in [6.45, 7) is 0.574. The van der Waals surface area contributed by atoms with Crippen LogP contribution in [0.2, 0.25) is 5.02 Å². The maximum absolute atomic E-state index is 12.2. The molecule has 1 amide bonds. The molecule has 4 nitrogen and oxygen atoms in total. The fourth-order valence-electron chi connectivity index (χ4n) is 2.46. The Labute approximate surface area is 140 Å². The molecule has 3 rings (SSSR count). The van der Waals surface area contributed by atoms with Crippen molar-refractivity contribution in [2.75, 3.05) is 6.54 Å². The van der Waals surface area contributed by atoms with Gasteiger partial charge < -0.3 is 10.2 Å². The van der Waals surface area contributed by atoms with E-state index < -0.39 is 6.10 Å². The maximum atomic E-state index is 12.2. The molecule has 2 aromatic carbocycles. The van der Waals surface area contributed by atoms with Crippen LogP contribution in [0.4, 0.5) is 0 Å². The Morgan fingerprint density at radius 3 is 2.70 bits per heavy atom. The van der Waals surface area contributed by atoms with E-state index in [4.69, 9.17) is 16.4 Å². The molecule has 1 unspecified atom stereocenters. The normalized spacial score (nSPS) is 16.6. The van der Waals surface area contributed by atoms with Crippen LogP contribution in [0.3, 0.4) is 0 Å². The maximum Gasteiger partial charge on any atom is 0.264 e. The van der Waals surface area contributed by atoms with Gasteiger partial charge in [0.25, 0.3) is 5.91 Å². The lowest BCUT2D eigenvalue weighted by Crippen LogP contribution is -2.36. The van der Waals surface area contributed by atoms with Crippen molar-refractivity contribution < 1.29 is 9.63 Å². The number of halogens is 1. The molecule has 0 saturated heterocycles. The summed E-state index contributed by atoms with van der Waals surface area (Å²) in [6.07, 6.45) is 0.635. The lowest BCUT2D eigenvalue weighted by molar-refractivity contribution is -0.131. The number of carbonyl (C=O) groups is 1. The Morgan fingerprint density at radius 2 is 1.91 bits per heavy atom. The minimum Gasteiger partial charge on any atom is -0.382 e. The van der Waals surface area contributed by atoms with Crippen molar-refractivity contribution in [2.24, 2.45) is 5.16 Å². The van der Waals surface area contributed by atoms with Crippen LogP contribution in [-0.4, -0.2) is 24.3 Å². The number of hydrogen-bond acceptors (Lipinski definition) is 3. The van der Waals surface area contributed by atoms with Crippen LogP contribution in [0.25, 0.3) is 0 Å². The molecule has 0 spiro atoms. The number of amides is 1. The molecule has 0 aromatic heterocycles. The van der Waals surface area contributed by atoms with Gasteiger partial charge in [0, 0.05) is 23.6 Å². The molecule has 0 fully saturated rings. The van der Waals surface area contributed by atoms with E-state index >= 15 is 0 Å². The Balaban J connectivity index is 1.50. The average Bonchev–Trinajstić information content (AvgIpc) is 3.06. The number of nitrogens with one attached hydrogen (secondary N) is 1. The molecule has 0 bridgehead atoms. The SMILES string of the molecule is O=C(NCCc1ccccc1)C1CC(c2ccccc2Cl)=NO1. The van der Waals surface area contributed by atoms with Gasteiger partial charge in [0.15, 0.2) is 0 Å². The van der Waals surface area contributed by atoms with Gasteiger partial charge in [0.1, 0.15) is 0 Å². The molecule has 0 saturated carbocycles. The van der Waals surface area contributed by atoms with Gasteiger partial charge in [-0.25, -0.2) is 0 Å². The van der Waals surface area contributed by atoms with Gasteiger partial charge in [-0.3, -0.25) is 4.79 Å². The Kier molecular flexibility index (Phi) is 4.93. The second-order valence-electron chi connectivity index (χ2n) is 5.34. The third kappa shape index (κ3) is 3.90. The molecule has 1 N–H and O–H groups in total. The Hall–Kier alpha value is -2.33. The molecular weight excluding hydrogens is 312 g/mol. The predicted octanol–water partition coefficient (Wildman–Crippen LogP) is 3.19.